The first kappa shape index (κ1) is 31.2. The minimum absolute atomic E-state index is 0. The number of aryl methyl sites for hydroxylation is 1. The zero-order valence-corrected chi connectivity index (χ0v) is 23.9. The molecule has 0 aliphatic rings. The first-order chi connectivity index (χ1) is 19.9. The van der Waals surface area contributed by atoms with E-state index in [1.807, 2.05) is 30.3 Å². The maximum Gasteiger partial charge on any atom is 0.333 e. The van der Waals surface area contributed by atoms with Gasteiger partial charge in [-0.25, -0.2) is 4.79 Å². The summed E-state index contributed by atoms with van der Waals surface area (Å²) >= 11 is 0. The predicted octanol–water partition coefficient (Wildman–Crippen LogP) is 7.95. The highest BCUT2D eigenvalue weighted by atomic mass is 16.5. The van der Waals surface area contributed by atoms with Crippen LogP contribution in [-0.2, 0) is 22.4 Å². The molecule has 0 saturated carbocycles. The Morgan fingerprint density at radius 1 is 0.976 bits per heavy atom. The van der Waals surface area contributed by atoms with Crippen molar-refractivity contribution in [1.29, 1.82) is 0 Å². The fourth-order valence-corrected chi connectivity index (χ4v) is 4.33. The van der Waals surface area contributed by atoms with Crippen LogP contribution in [0.4, 0.5) is 0 Å². The van der Waals surface area contributed by atoms with Gasteiger partial charge >= 0.3 is 5.97 Å². The van der Waals surface area contributed by atoms with Crippen molar-refractivity contribution in [3.05, 3.63) is 113 Å². The summed E-state index contributed by atoms with van der Waals surface area (Å²) in [6.07, 6.45) is 3.70. The van der Waals surface area contributed by atoms with E-state index >= 15 is 0 Å². The molecule has 0 radical (unpaired) electrons. The van der Waals surface area contributed by atoms with Crippen molar-refractivity contribution in [2.45, 2.75) is 33.1 Å². The summed E-state index contributed by atoms with van der Waals surface area (Å²) in [5.41, 5.74) is 16.1. The molecule has 0 aliphatic heterocycles. The monoisotopic (exact) mass is 560 g/mol. The van der Waals surface area contributed by atoms with Crippen LogP contribution in [0.3, 0.4) is 0 Å². The Kier molecular flexibility index (Phi) is 12.2. The zero-order chi connectivity index (χ0) is 29.6. The molecule has 0 aliphatic carbocycles. The van der Waals surface area contributed by atoms with Gasteiger partial charge in [-0.05, 0) is 89.2 Å². The summed E-state index contributed by atoms with van der Waals surface area (Å²) in [6, 6.07) is 20.8. The molecule has 3 rings (SSSR count). The van der Waals surface area contributed by atoms with Crippen molar-refractivity contribution < 1.29 is 31.6 Å². The molecule has 3 aromatic rings. The second kappa shape index (κ2) is 16.1. The SMILES string of the molecule is C=C=C=C=Cc1ccc(-c2ccc(-c3ccc(OCCC(CO)CO)c(CCOC(=O)C(=C)C)c3)c(CC)c2)cc1.[HH].[HH].[HH].[HH].[HH]. The normalized spacial score (nSPS) is 10.4. The topological polar surface area (TPSA) is 76.0 Å². The summed E-state index contributed by atoms with van der Waals surface area (Å²) in [4.78, 5) is 11.9. The average molecular weight is 561 g/mol. The van der Waals surface area contributed by atoms with Gasteiger partial charge in [0.15, 0.2) is 0 Å². The lowest BCUT2D eigenvalue weighted by Crippen LogP contribution is -2.15. The van der Waals surface area contributed by atoms with Gasteiger partial charge in [0.1, 0.15) is 5.75 Å². The smallest absolute Gasteiger partial charge is 0.333 e. The van der Waals surface area contributed by atoms with E-state index in [4.69, 9.17) is 9.47 Å². The number of rotatable bonds is 14. The third-order valence-corrected chi connectivity index (χ3v) is 6.75. The van der Waals surface area contributed by atoms with Crippen LogP contribution in [0, 0.1) is 5.92 Å². The van der Waals surface area contributed by atoms with Crippen molar-refractivity contribution in [2.75, 3.05) is 26.4 Å². The highest BCUT2D eigenvalue weighted by molar-refractivity contribution is 5.86. The fourth-order valence-electron chi connectivity index (χ4n) is 4.33. The molecule has 0 aromatic heterocycles. The lowest BCUT2D eigenvalue weighted by molar-refractivity contribution is -0.138. The Labute approximate surface area is 250 Å². The first-order valence-corrected chi connectivity index (χ1v) is 13.8. The molecule has 0 bridgehead atoms. The Balaban J connectivity index is -0.00000370. The van der Waals surface area contributed by atoms with Crippen LogP contribution in [0.5, 0.6) is 5.75 Å². The van der Waals surface area contributed by atoms with Crippen molar-refractivity contribution in [1.82, 2.24) is 0 Å². The molecule has 5 heteroatoms. The lowest BCUT2D eigenvalue weighted by atomic mass is 9.92. The number of ether oxygens (including phenoxy) is 2. The molecule has 0 unspecified atom stereocenters. The number of carbonyl (C=O) groups excluding carboxylic acids is 1. The van der Waals surface area contributed by atoms with Crippen LogP contribution in [0.25, 0.3) is 28.3 Å². The third-order valence-electron chi connectivity index (χ3n) is 6.75. The van der Waals surface area contributed by atoms with Crippen molar-refractivity contribution in [2.24, 2.45) is 5.92 Å². The van der Waals surface area contributed by atoms with E-state index in [1.165, 1.54) is 5.56 Å². The van der Waals surface area contributed by atoms with E-state index in [0.717, 1.165) is 39.8 Å². The molecule has 41 heavy (non-hydrogen) atoms. The predicted molar refractivity (Wildman–Crippen MR) is 175 cm³/mol. The number of hydrogen-bond donors (Lipinski definition) is 2. The van der Waals surface area contributed by atoms with Crippen LogP contribution in [0.2, 0.25) is 0 Å². The van der Waals surface area contributed by atoms with E-state index in [2.05, 4.69) is 73.7 Å². The summed E-state index contributed by atoms with van der Waals surface area (Å²) in [5, 5.41) is 18.7. The molecular weight excluding hydrogens is 512 g/mol. The van der Waals surface area contributed by atoms with Crippen LogP contribution in [-0.4, -0.2) is 42.6 Å². The molecule has 0 amide bonds. The minimum atomic E-state index is -0.421. The third kappa shape index (κ3) is 9.10. The van der Waals surface area contributed by atoms with Gasteiger partial charge in [0.25, 0.3) is 0 Å². The van der Waals surface area contributed by atoms with E-state index in [9.17, 15) is 15.0 Å². The van der Waals surface area contributed by atoms with Gasteiger partial charge in [0.2, 0.25) is 0 Å². The molecule has 0 spiro atoms. The quantitative estimate of drug-likeness (QED) is 0.119. The van der Waals surface area contributed by atoms with Gasteiger partial charge in [-0.15, -0.1) is 0 Å². The fraction of sp³-hybridized carbons (Fsp3) is 0.278. The van der Waals surface area contributed by atoms with Crippen LogP contribution < -0.4 is 4.74 Å². The van der Waals surface area contributed by atoms with Gasteiger partial charge in [0, 0.05) is 38.3 Å². The lowest BCUT2D eigenvalue weighted by Gasteiger charge is -2.17. The summed E-state index contributed by atoms with van der Waals surface area (Å²) < 4.78 is 11.4. The van der Waals surface area contributed by atoms with E-state index in [1.54, 1.807) is 6.92 Å². The van der Waals surface area contributed by atoms with Crippen molar-refractivity contribution in [3.63, 3.8) is 0 Å². The largest absolute Gasteiger partial charge is 0.493 e. The van der Waals surface area contributed by atoms with Crippen molar-refractivity contribution in [3.8, 4) is 28.0 Å². The van der Waals surface area contributed by atoms with Gasteiger partial charge in [-0.1, -0.05) is 73.5 Å². The van der Waals surface area contributed by atoms with Crippen LogP contribution >= 0.6 is 0 Å². The number of aliphatic hydroxyl groups is 2. The number of esters is 1. The van der Waals surface area contributed by atoms with E-state index in [0.29, 0.717) is 30.8 Å². The Morgan fingerprint density at radius 2 is 1.66 bits per heavy atom. The van der Waals surface area contributed by atoms with Gasteiger partial charge in [-0.3, -0.25) is 0 Å². The zero-order valence-electron chi connectivity index (χ0n) is 23.9. The second-order valence-electron chi connectivity index (χ2n) is 9.80. The number of carbonyl (C=O) groups is 1. The van der Waals surface area contributed by atoms with E-state index in [-0.39, 0.29) is 32.9 Å². The van der Waals surface area contributed by atoms with Crippen LogP contribution in [0.15, 0.2) is 96.6 Å². The van der Waals surface area contributed by atoms with Crippen LogP contribution in [0.1, 0.15) is 44.1 Å². The van der Waals surface area contributed by atoms with Gasteiger partial charge in [-0.2, -0.15) is 0 Å². The number of aliphatic hydroxyl groups excluding tert-OH is 2. The van der Waals surface area contributed by atoms with E-state index < -0.39 is 5.97 Å². The maximum atomic E-state index is 11.9. The second-order valence-corrected chi connectivity index (χ2v) is 9.80. The summed E-state index contributed by atoms with van der Waals surface area (Å²) in [7, 11) is 0. The maximum absolute atomic E-state index is 11.9. The molecule has 5 nitrogen and oxygen atoms in total. The van der Waals surface area contributed by atoms with Gasteiger partial charge in [0.05, 0.1) is 13.2 Å². The molecule has 0 heterocycles. The highest BCUT2D eigenvalue weighted by Crippen LogP contribution is 2.33. The molecule has 222 valence electrons. The minimum Gasteiger partial charge on any atom is -0.493 e. The molecule has 0 fully saturated rings. The molecule has 0 saturated heterocycles. The number of benzene rings is 3. The first-order valence-electron chi connectivity index (χ1n) is 13.8. The average Bonchev–Trinajstić information content (AvgIpc) is 3.00. The molecule has 3 aromatic carbocycles. The van der Waals surface area contributed by atoms with Gasteiger partial charge < -0.3 is 19.7 Å². The number of hydrogen-bond acceptors (Lipinski definition) is 5. The Morgan fingerprint density at radius 3 is 2.32 bits per heavy atom. The van der Waals surface area contributed by atoms with Crippen molar-refractivity contribution >= 4 is 12.0 Å². The Bertz CT molecular complexity index is 1480. The standard InChI is InChI=1S/C36H38O5.5H2/c1-5-7-8-9-27-10-12-30(13-11-27)31-14-16-34(29(6-2)22-31)32-15-17-35(40-20-18-28(24-37)25-38)33(23-32)19-21-41-36(39)26(3)4;;;;;/h9-17,22-23,28,37-38H,1,3,6,18-21,24-25H2,2,4H3;5*1H. The summed E-state index contributed by atoms with van der Waals surface area (Å²) in [5.74, 6) is 0.0473. The molecule has 2 N–H and O–H groups in total. The highest BCUT2D eigenvalue weighted by Gasteiger charge is 2.13. The summed E-state index contributed by atoms with van der Waals surface area (Å²) in [6.45, 7) is 11.3. The molecule has 0 atom stereocenters. The molecular formula is C36H48O5. The Hall–Kier alpha value is -4.33.